The maximum atomic E-state index is 13.1. The number of amides is 1. The van der Waals surface area contributed by atoms with Crippen LogP contribution in [-0.4, -0.2) is 24.6 Å². The fourth-order valence-corrected chi connectivity index (χ4v) is 4.85. The lowest BCUT2D eigenvalue weighted by atomic mass is 10.2. The number of nitrogens with one attached hydrogen (secondary N) is 1. The van der Waals surface area contributed by atoms with Crippen molar-refractivity contribution in [2.24, 2.45) is 0 Å². The van der Waals surface area contributed by atoms with E-state index >= 15 is 0 Å². The zero-order valence-electron chi connectivity index (χ0n) is 16.3. The van der Waals surface area contributed by atoms with Gasteiger partial charge >= 0.3 is 0 Å². The number of aromatic nitrogens is 1. The van der Waals surface area contributed by atoms with Gasteiger partial charge in [-0.3, -0.25) is 4.79 Å². The van der Waals surface area contributed by atoms with Crippen LogP contribution in [0.3, 0.4) is 0 Å². The van der Waals surface area contributed by atoms with Gasteiger partial charge in [0, 0.05) is 34.4 Å². The molecule has 0 aliphatic carbocycles. The monoisotopic (exact) mass is 456 g/mol. The summed E-state index contributed by atoms with van der Waals surface area (Å²) in [5, 5.41) is 3.66. The Morgan fingerprint density at radius 1 is 0.968 bits per heavy atom. The summed E-state index contributed by atoms with van der Waals surface area (Å²) in [4.78, 5) is 12.4. The van der Waals surface area contributed by atoms with Crippen molar-refractivity contribution >= 4 is 43.9 Å². The second-order valence-corrected chi connectivity index (χ2v) is 9.47. The zero-order chi connectivity index (χ0) is 22.0. The molecule has 1 N–H and O–H groups in total. The highest BCUT2D eigenvalue weighted by Crippen LogP contribution is 2.27. The number of fused-ring (bicyclic) bond motifs is 1. The highest BCUT2D eigenvalue weighted by atomic mass is 35.5. The molecule has 4 aromatic rings. The van der Waals surface area contributed by atoms with Crippen LogP contribution in [0.1, 0.15) is 5.56 Å². The SMILES string of the molecule is O=C(CS(=O)(=O)c1cn(Cc2ccc(Cl)cc2)c2ccccc12)Nc1ccc(F)cc1. The van der Waals surface area contributed by atoms with Gasteiger partial charge in [-0.05, 0) is 48.0 Å². The summed E-state index contributed by atoms with van der Waals surface area (Å²) in [6.45, 7) is 0.453. The Bertz CT molecular complexity index is 1350. The van der Waals surface area contributed by atoms with Gasteiger partial charge in [-0.1, -0.05) is 41.9 Å². The molecule has 0 radical (unpaired) electrons. The van der Waals surface area contributed by atoms with Gasteiger partial charge in [0.2, 0.25) is 5.91 Å². The van der Waals surface area contributed by atoms with E-state index in [9.17, 15) is 17.6 Å². The Kier molecular flexibility index (Phi) is 5.80. The molecule has 1 heterocycles. The standard InChI is InChI=1S/C23H18ClFN2O3S/c24-17-7-5-16(6-8-17)13-27-14-22(20-3-1-2-4-21(20)27)31(29,30)15-23(28)26-19-11-9-18(25)10-12-19/h1-12,14H,13,15H2,(H,26,28). The first-order valence-corrected chi connectivity index (χ1v) is 11.5. The predicted octanol–water partition coefficient (Wildman–Crippen LogP) is 4.89. The largest absolute Gasteiger partial charge is 0.342 e. The van der Waals surface area contributed by atoms with E-state index < -0.39 is 27.3 Å². The molecule has 4 rings (SSSR count). The van der Waals surface area contributed by atoms with E-state index in [4.69, 9.17) is 11.6 Å². The first-order chi connectivity index (χ1) is 14.8. The molecule has 31 heavy (non-hydrogen) atoms. The molecule has 5 nitrogen and oxygen atoms in total. The summed E-state index contributed by atoms with van der Waals surface area (Å²) in [7, 11) is -3.92. The minimum absolute atomic E-state index is 0.0892. The van der Waals surface area contributed by atoms with Crippen LogP contribution in [0.25, 0.3) is 10.9 Å². The number of rotatable bonds is 6. The molecule has 1 amide bonds. The van der Waals surface area contributed by atoms with E-state index in [2.05, 4.69) is 5.32 Å². The number of nitrogens with zero attached hydrogens (tertiary/aromatic N) is 1. The molecule has 0 atom stereocenters. The number of carbonyl (C=O) groups is 1. The van der Waals surface area contributed by atoms with Crippen LogP contribution in [0.2, 0.25) is 5.02 Å². The Labute approximate surface area is 184 Å². The molecule has 0 saturated carbocycles. The van der Waals surface area contributed by atoms with Gasteiger partial charge in [-0.15, -0.1) is 0 Å². The number of carbonyl (C=O) groups excluding carboxylic acids is 1. The first kappa shape index (κ1) is 21.1. The fourth-order valence-electron chi connectivity index (χ4n) is 3.36. The smallest absolute Gasteiger partial charge is 0.239 e. The van der Waals surface area contributed by atoms with Crippen molar-refractivity contribution in [1.29, 1.82) is 0 Å². The summed E-state index contributed by atoms with van der Waals surface area (Å²) in [6, 6.07) is 19.6. The van der Waals surface area contributed by atoms with Crippen molar-refractivity contribution in [3.63, 3.8) is 0 Å². The first-order valence-electron chi connectivity index (χ1n) is 9.42. The number of sulfone groups is 1. The van der Waals surface area contributed by atoms with Gasteiger partial charge in [0.15, 0.2) is 9.84 Å². The number of hydrogen-bond donors (Lipinski definition) is 1. The van der Waals surface area contributed by atoms with E-state index in [0.717, 1.165) is 11.1 Å². The van der Waals surface area contributed by atoms with Crippen molar-refractivity contribution in [3.8, 4) is 0 Å². The average Bonchev–Trinajstić information content (AvgIpc) is 3.11. The summed E-state index contributed by atoms with van der Waals surface area (Å²) in [5.74, 6) is -1.86. The van der Waals surface area contributed by atoms with Gasteiger partial charge < -0.3 is 9.88 Å². The lowest BCUT2D eigenvalue weighted by molar-refractivity contribution is -0.113. The van der Waals surface area contributed by atoms with Gasteiger partial charge in [0.1, 0.15) is 11.6 Å². The molecule has 0 fully saturated rings. The minimum atomic E-state index is -3.92. The predicted molar refractivity (Wildman–Crippen MR) is 120 cm³/mol. The summed E-state index contributed by atoms with van der Waals surface area (Å²) in [5.41, 5.74) is 2.03. The van der Waals surface area contributed by atoms with E-state index in [1.165, 1.54) is 24.3 Å². The Balaban J connectivity index is 1.62. The Morgan fingerprint density at radius 3 is 2.35 bits per heavy atom. The van der Waals surface area contributed by atoms with E-state index in [1.807, 2.05) is 28.8 Å². The maximum Gasteiger partial charge on any atom is 0.239 e. The van der Waals surface area contributed by atoms with Crippen LogP contribution in [-0.2, 0) is 21.2 Å². The summed E-state index contributed by atoms with van der Waals surface area (Å²) in [6.07, 6.45) is 1.56. The quantitative estimate of drug-likeness (QED) is 0.449. The average molecular weight is 457 g/mol. The third-order valence-corrected chi connectivity index (χ3v) is 6.69. The molecule has 0 bridgehead atoms. The third kappa shape index (κ3) is 4.78. The number of benzene rings is 3. The van der Waals surface area contributed by atoms with Crippen molar-refractivity contribution in [1.82, 2.24) is 4.57 Å². The molecule has 158 valence electrons. The van der Waals surface area contributed by atoms with Crippen LogP contribution in [0.15, 0.2) is 83.9 Å². The van der Waals surface area contributed by atoms with E-state index in [0.29, 0.717) is 22.6 Å². The van der Waals surface area contributed by atoms with Crippen molar-refractivity contribution < 1.29 is 17.6 Å². The second kappa shape index (κ2) is 8.53. The van der Waals surface area contributed by atoms with Crippen LogP contribution in [0.4, 0.5) is 10.1 Å². The van der Waals surface area contributed by atoms with Crippen molar-refractivity contribution in [2.75, 3.05) is 11.1 Å². The molecule has 0 aliphatic rings. The molecule has 0 unspecified atom stereocenters. The van der Waals surface area contributed by atoms with Crippen LogP contribution in [0, 0.1) is 5.82 Å². The van der Waals surface area contributed by atoms with Gasteiger partial charge in [0.05, 0.1) is 4.90 Å². The normalized spacial score (nSPS) is 11.5. The number of hydrogen-bond acceptors (Lipinski definition) is 3. The number of halogens is 2. The van der Waals surface area contributed by atoms with E-state index in [-0.39, 0.29) is 4.90 Å². The number of para-hydroxylation sites is 1. The highest BCUT2D eigenvalue weighted by molar-refractivity contribution is 7.92. The summed E-state index contributed by atoms with van der Waals surface area (Å²) < 4.78 is 41.0. The summed E-state index contributed by atoms with van der Waals surface area (Å²) >= 11 is 5.95. The Morgan fingerprint density at radius 2 is 1.65 bits per heavy atom. The van der Waals surface area contributed by atoms with Crippen LogP contribution in [0.5, 0.6) is 0 Å². The zero-order valence-corrected chi connectivity index (χ0v) is 17.8. The molecular formula is C23H18ClFN2O3S. The van der Waals surface area contributed by atoms with Gasteiger partial charge in [0.25, 0.3) is 0 Å². The van der Waals surface area contributed by atoms with Gasteiger partial charge in [-0.2, -0.15) is 0 Å². The van der Waals surface area contributed by atoms with E-state index in [1.54, 1.807) is 30.5 Å². The highest BCUT2D eigenvalue weighted by Gasteiger charge is 2.24. The lowest BCUT2D eigenvalue weighted by Crippen LogP contribution is -2.23. The van der Waals surface area contributed by atoms with Crippen molar-refractivity contribution in [3.05, 3.63) is 95.4 Å². The molecule has 0 spiro atoms. The Hall–Kier alpha value is -3.16. The fraction of sp³-hybridized carbons (Fsp3) is 0.0870. The van der Waals surface area contributed by atoms with Crippen molar-refractivity contribution in [2.45, 2.75) is 11.4 Å². The minimum Gasteiger partial charge on any atom is -0.342 e. The van der Waals surface area contributed by atoms with Crippen LogP contribution < -0.4 is 5.32 Å². The third-order valence-electron chi connectivity index (χ3n) is 4.80. The molecule has 8 heteroatoms. The molecule has 0 aliphatic heterocycles. The molecule has 1 aromatic heterocycles. The molecule has 3 aromatic carbocycles. The number of anilines is 1. The van der Waals surface area contributed by atoms with Crippen LogP contribution >= 0.6 is 11.6 Å². The van der Waals surface area contributed by atoms with Gasteiger partial charge in [-0.25, -0.2) is 12.8 Å². The topological polar surface area (TPSA) is 68.2 Å². The lowest BCUT2D eigenvalue weighted by Gasteiger charge is -2.06. The second-order valence-electron chi connectivity index (χ2n) is 7.08. The molecule has 0 saturated heterocycles. The molecular weight excluding hydrogens is 439 g/mol. The maximum absolute atomic E-state index is 13.1.